The second-order valence-corrected chi connectivity index (χ2v) is 7.38. The van der Waals surface area contributed by atoms with Crippen LogP contribution in [-0.2, 0) is 16.4 Å². The van der Waals surface area contributed by atoms with Crippen LogP contribution in [0.5, 0.6) is 0 Å². The number of para-hydroxylation sites is 1. The Balaban J connectivity index is 2.05. The van der Waals surface area contributed by atoms with E-state index in [4.69, 9.17) is 0 Å². The molecule has 1 atom stereocenters. The van der Waals surface area contributed by atoms with E-state index in [1.165, 1.54) is 23.4 Å². The molecule has 4 nitrogen and oxygen atoms in total. The molecule has 0 fully saturated rings. The molecule has 0 saturated carbocycles. The molecule has 1 heterocycles. The number of ketones is 1. The molecule has 0 aromatic heterocycles. The minimum atomic E-state index is -3.62. The molecule has 2 aromatic rings. The summed E-state index contributed by atoms with van der Waals surface area (Å²) in [5, 5.41) is 0. The van der Waals surface area contributed by atoms with Gasteiger partial charge in [-0.2, -0.15) is 0 Å². The van der Waals surface area contributed by atoms with Crippen molar-refractivity contribution in [3.63, 3.8) is 0 Å². The van der Waals surface area contributed by atoms with E-state index in [0.717, 1.165) is 11.3 Å². The summed E-state index contributed by atoms with van der Waals surface area (Å²) in [4.78, 5) is 11.5. The van der Waals surface area contributed by atoms with Crippen LogP contribution in [0.2, 0.25) is 0 Å². The first-order chi connectivity index (χ1) is 10.4. The van der Waals surface area contributed by atoms with Gasteiger partial charge in [0.05, 0.1) is 10.6 Å². The lowest BCUT2D eigenvalue weighted by molar-refractivity contribution is 0.101. The lowest BCUT2D eigenvalue weighted by Crippen LogP contribution is -2.35. The van der Waals surface area contributed by atoms with Gasteiger partial charge in [0.1, 0.15) is 0 Å². The molecule has 22 heavy (non-hydrogen) atoms. The van der Waals surface area contributed by atoms with Crippen molar-refractivity contribution in [2.45, 2.75) is 31.2 Å². The first-order valence-electron chi connectivity index (χ1n) is 7.14. The Morgan fingerprint density at radius 3 is 2.36 bits per heavy atom. The van der Waals surface area contributed by atoms with Gasteiger partial charge in [-0.3, -0.25) is 9.10 Å². The topological polar surface area (TPSA) is 54.5 Å². The van der Waals surface area contributed by atoms with E-state index < -0.39 is 10.0 Å². The molecule has 0 spiro atoms. The summed E-state index contributed by atoms with van der Waals surface area (Å²) < 4.78 is 27.3. The van der Waals surface area contributed by atoms with Crippen LogP contribution in [0.3, 0.4) is 0 Å². The fraction of sp³-hybridized carbons (Fsp3) is 0.235. The normalized spacial score (nSPS) is 17.4. The van der Waals surface area contributed by atoms with Crippen LogP contribution < -0.4 is 4.31 Å². The molecule has 1 aliphatic heterocycles. The zero-order valence-electron chi connectivity index (χ0n) is 12.5. The van der Waals surface area contributed by atoms with Crippen molar-refractivity contribution >= 4 is 21.5 Å². The highest BCUT2D eigenvalue weighted by Crippen LogP contribution is 2.36. The summed E-state index contributed by atoms with van der Waals surface area (Å²) in [5.41, 5.74) is 2.29. The summed E-state index contributed by atoms with van der Waals surface area (Å²) in [6.45, 7) is 3.36. The molecule has 0 amide bonds. The molecule has 1 aliphatic rings. The Labute approximate surface area is 130 Å². The molecule has 0 unspecified atom stereocenters. The summed E-state index contributed by atoms with van der Waals surface area (Å²) in [6, 6.07) is 13.6. The maximum Gasteiger partial charge on any atom is 0.264 e. The van der Waals surface area contributed by atoms with Gasteiger partial charge in [0.25, 0.3) is 10.0 Å². The number of hydrogen-bond acceptors (Lipinski definition) is 3. The highest BCUT2D eigenvalue weighted by Gasteiger charge is 2.35. The fourth-order valence-electron chi connectivity index (χ4n) is 2.88. The van der Waals surface area contributed by atoms with Crippen molar-refractivity contribution in [3.8, 4) is 0 Å². The Bertz CT molecular complexity index is 825. The molecule has 5 heteroatoms. The number of rotatable bonds is 3. The molecule has 0 saturated heterocycles. The van der Waals surface area contributed by atoms with Crippen molar-refractivity contribution in [1.29, 1.82) is 0 Å². The summed E-state index contributed by atoms with van der Waals surface area (Å²) in [6.07, 6.45) is 0.709. The predicted octanol–water partition coefficient (Wildman–Crippen LogP) is 3.03. The van der Waals surface area contributed by atoms with Gasteiger partial charge < -0.3 is 0 Å². The molecule has 0 bridgehead atoms. The molecule has 3 rings (SSSR count). The van der Waals surface area contributed by atoms with E-state index in [2.05, 4.69) is 0 Å². The van der Waals surface area contributed by atoms with Crippen molar-refractivity contribution < 1.29 is 13.2 Å². The summed E-state index contributed by atoms with van der Waals surface area (Å²) >= 11 is 0. The van der Waals surface area contributed by atoms with Gasteiger partial charge in [0.2, 0.25) is 0 Å². The SMILES string of the molecule is CC(=O)c1ccc(S(=O)(=O)N2c3ccccc3C[C@H]2C)cc1. The third-order valence-electron chi connectivity index (χ3n) is 3.96. The van der Waals surface area contributed by atoms with Crippen LogP contribution in [0.4, 0.5) is 5.69 Å². The van der Waals surface area contributed by atoms with E-state index in [0.29, 0.717) is 12.0 Å². The standard InChI is InChI=1S/C17H17NO3S/c1-12-11-15-5-3-4-6-17(15)18(12)22(20,21)16-9-7-14(8-10-16)13(2)19/h3-10,12H,11H2,1-2H3/t12-/m1/s1. The largest absolute Gasteiger partial charge is 0.295 e. The second-order valence-electron chi connectivity index (χ2n) is 5.56. The zero-order valence-corrected chi connectivity index (χ0v) is 13.3. The first-order valence-corrected chi connectivity index (χ1v) is 8.58. The minimum absolute atomic E-state index is 0.0798. The van der Waals surface area contributed by atoms with Gasteiger partial charge in [-0.15, -0.1) is 0 Å². The molecule has 0 aliphatic carbocycles. The maximum absolute atomic E-state index is 12.9. The fourth-order valence-corrected chi connectivity index (χ4v) is 4.57. The van der Waals surface area contributed by atoms with Crippen molar-refractivity contribution in [1.82, 2.24) is 0 Å². The third-order valence-corrected chi connectivity index (χ3v) is 5.90. The Kier molecular flexibility index (Phi) is 3.53. The number of carbonyl (C=O) groups is 1. The van der Waals surface area contributed by atoms with E-state index in [1.54, 1.807) is 12.1 Å². The maximum atomic E-state index is 12.9. The molecule has 0 N–H and O–H groups in total. The van der Waals surface area contributed by atoms with Crippen LogP contribution in [0.1, 0.15) is 29.8 Å². The van der Waals surface area contributed by atoms with Gasteiger partial charge >= 0.3 is 0 Å². The Hall–Kier alpha value is -2.14. The molecular formula is C17H17NO3S. The Morgan fingerprint density at radius 2 is 1.73 bits per heavy atom. The highest BCUT2D eigenvalue weighted by molar-refractivity contribution is 7.92. The van der Waals surface area contributed by atoms with E-state index in [-0.39, 0.29) is 16.7 Å². The number of anilines is 1. The average Bonchev–Trinajstić information content (AvgIpc) is 2.83. The van der Waals surface area contributed by atoms with Crippen LogP contribution in [0.15, 0.2) is 53.4 Å². The number of Topliss-reactive ketones (excluding diaryl/α,β-unsaturated/α-hetero) is 1. The highest BCUT2D eigenvalue weighted by atomic mass is 32.2. The van der Waals surface area contributed by atoms with Crippen molar-refractivity contribution in [2.24, 2.45) is 0 Å². The van der Waals surface area contributed by atoms with Crippen LogP contribution in [0.25, 0.3) is 0 Å². The van der Waals surface area contributed by atoms with Gasteiger partial charge in [0.15, 0.2) is 5.78 Å². The minimum Gasteiger partial charge on any atom is -0.295 e. The average molecular weight is 315 g/mol. The third kappa shape index (κ3) is 2.31. The molecule has 0 radical (unpaired) electrons. The lowest BCUT2D eigenvalue weighted by Gasteiger charge is -2.24. The number of fused-ring (bicyclic) bond motifs is 1. The quantitative estimate of drug-likeness (QED) is 0.818. The summed E-state index contributed by atoms with van der Waals surface area (Å²) in [5.74, 6) is -0.0798. The summed E-state index contributed by atoms with van der Waals surface area (Å²) in [7, 11) is -3.62. The molecule has 114 valence electrons. The number of nitrogens with zero attached hydrogens (tertiary/aromatic N) is 1. The second kappa shape index (κ2) is 5.25. The number of benzene rings is 2. The number of sulfonamides is 1. The van der Waals surface area contributed by atoms with E-state index in [9.17, 15) is 13.2 Å². The first kappa shape index (κ1) is 14.8. The van der Waals surface area contributed by atoms with Crippen LogP contribution >= 0.6 is 0 Å². The van der Waals surface area contributed by atoms with Gasteiger partial charge in [-0.05, 0) is 44.0 Å². The Morgan fingerprint density at radius 1 is 1.09 bits per heavy atom. The number of hydrogen-bond donors (Lipinski definition) is 0. The van der Waals surface area contributed by atoms with Gasteiger partial charge in [-0.25, -0.2) is 8.42 Å². The smallest absolute Gasteiger partial charge is 0.264 e. The van der Waals surface area contributed by atoms with E-state index in [1.807, 2.05) is 31.2 Å². The van der Waals surface area contributed by atoms with Gasteiger partial charge in [-0.1, -0.05) is 30.3 Å². The van der Waals surface area contributed by atoms with Gasteiger partial charge in [0, 0.05) is 11.6 Å². The van der Waals surface area contributed by atoms with Crippen LogP contribution in [-0.4, -0.2) is 20.2 Å². The molecule has 2 aromatic carbocycles. The number of carbonyl (C=O) groups excluding carboxylic acids is 1. The predicted molar refractivity (Wildman–Crippen MR) is 85.7 cm³/mol. The zero-order chi connectivity index (χ0) is 15.9. The lowest BCUT2D eigenvalue weighted by atomic mass is 10.1. The van der Waals surface area contributed by atoms with Crippen molar-refractivity contribution in [3.05, 3.63) is 59.7 Å². The molecular weight excluding hydrogens is 298 g/mol. The van der Waals surface area contributed by atoms with Crippen LogP contribution in [0, 0.1) is 0 Å². The van der Waals surface area contributed by atoms with Crippen molar-refractivity contribution in [2.75, 3.05) is 4.31 Å². The monoisotopic (exact) mass is 315 g/mol. The van der Waals surface area contributed by atoms with E-state index >= 15 is 0 Å².